The van der Waals surface area contributed by atoms with Crippen LogP contribution in [0.5, 0.6) is 0 Å². The van der Waals surface area contributed by atoms with E-state index in [1.807, 2.05) is 188 Å². The number of alkyl halides is 2. The number of ether oxygens (including phenoxy) is 1. The van der Waals surface area contributed by atoms with Crippen molar-refractivity contribution in [1.82, 2.24) is 15.2 Å². The van der Waals surface area contributed by atoms with Crippen molar-refractivity contribution < 1.29 is 37.3 Å². The van der Waals surface area contributed by atoms with Crippen LogP contribution in [0.4, 0.5) is 13.9 Å². The van der Waals surface area contributed by atoms with Crippen LogP contribution in [-0.4, -0.2) is 57.2 Å². The quantitative estimate of drug-likeness (QED) is 0.0231. The van der Waals surface area contributed by atoms with E-state index in [1.165, 1.54) is 22.0 Å². The van der Waals surface area contributed by atoms with Crippen molar-refractivity contribution in [2.45, 2.75) is 36.2 Å². The number of hydrogen-bond donors (Lipinski definition) is 2. The number of aromatic nitrogens is 2. The van der Waals surface area contributed by atoms with E-state index in [4.69, 9.17) is 9.72 Å². The number of anilines is 1. The Morgan fingerprint density at radius 1 is 0.803 bits per heavy atom. The molecule has 71 heavy (non-hydrogen) atoms. The molecule has 2 N–H and O–H groups in total. The Labute approximate surface area is 419 Å². The van der Waals surface area contributed by atoms with Crippen molar-refractivity contribution in [2.75, 3.05) is 11.1 Å². The van der Waals surface area contributed by atoms with E-state index in [9.17, 15) is 23.2 Å². The predicted molar refractivity (Wildman–Crippen MR) is 273 cm³/mol. The van der Waals surface area contributed by atoms with E-state index >= 15 is 0 Å². The number of carbonyl (C=O) groups is 3. The van der Waals surface area contributed by atoms with E-state index in [-0.39, 0.29) is 17.1 Å². The first-order chi connectivity index (χ1) is 34.8. The Balaban J connectivity index is 0.944. The number of oxime groups is 1. The molecule has 354 valence electrons. The van der Waals surface area contributed by atoms with Crippen molar-refractivity contribution in [2.24, 2.45) is 5.16 Å². The van der Waals surface area contributed by atoms with Gasteiger partial charge in [0.1, 0.15) is 28.3 Å². The molecule has 2 atom stereocenters. The Kier molecular flexibility index (Phi) is 13.9. The minimum atomic E-state index is -3.36. The molecule has 5 heterocycles. The molecule has 16 heteroatoms. The van der Waals surface area contributed by atoms with Crippen LogP contribution in [0.25, 0.3) is 10.2 Å². The molecular formula is C55H43F2N6O5S3+. The minimum Gasteiger partial charge on any atom is -0.448 e. The number of thiazole rings is 1. The van der Waals surface area contributed by atoms with E-state index < -0.39 is 53.2 Å². The van der Waals surface area contributed by atoms with Gasteiger partial charge >= 0.3 is 12.6 Å². The number of pyridine rings is 1. The maximum atomic E-state index is 14.7. The maximum Gasteiger partial charge on any atom is 0.407 e. The molecule has 2 aliphatic rings. The molecule has 1 fully saturated rings. The smallest absolute Gasteiger partial charge is 0.407 e. The summed E-state index contributed by atoms with van der Waals surface area (Å²) in [5.41, 5.74) is 3.10. The lowest BCUT2D eigenvalue weighted by atomic mass is 9.77. The number of nitrogens with zero attached hydrogens (tertiary/aromatic N) is 4. The van der Waals surface area contributed by atoms with Crippen LogP contribution >= 0.6 is 34.4 Å². The monoisotopic (exact) mass is 1000 g/mol. The third-order valence-electron chi connectivity index (χ3n) is 12.1. The van der Waals surface area contributed by atoms with Crippen molar-refractivity contribution in [3.8, 4) is 0 Å². The Morgan fingerprint density at radius 3 is 1.99 bits per heavy atom. The van der Waals surface area contributed by atoms with Crippen LogP contribution in [0.3, 0.4) is 0 Å². The number of rotatable bonds is 17. The number of thiophene rings is 1. The van der Waals surface area contributed by atoms with Gasteiger partial charge in [-0.2, -0.15) is 13.3 Å². The zero-order valence-electron chi connectivity index (χ0n) is 37.6. The molecule has 2 aliphatic heterocycles. The lowest BCUT2D eigenvalue weighted by molar-refractivity contribution is -0.658. The second-order valence-electron chi connectivity index (χ2n) is 16.4. The molecule has 0 saturated carbocycles. The fourth-order valence-electron chi connectivity index (χ4n) is 8.84. The van der Waals surface area contributed by atoms with Crippen LogP contribution in [0.2, 0.25) is 0 Å². The molecular weight excluding hydrogens is 959 g/mol. The molecule has 8 aromatic rings. The number of carbonyl (C=O) groups excluding carboxylic acids is 3. The summed E-state index contributed by atoms with van der Waals surface area (Å²) >= 11 is 4.10. The van der Waals surface area contributed by atoms with Gasteiger partial charge in [-0.25, -0.2) is 9.78 Å². The molecule has 0 bridgehead atoms. The lowest BCUT2D eigenvalue weighted by Gasteiger charge is -2.49. The number of fused-ring (bicyclic) bond motifs is 2. The van der Waals surface area contributed by atoms with Gasteiger partial charge in [-0.05, 0) is 57.0 Å². The summed E-state index contributed by atoms with van der Waals surface area (Å²) in [5.74, 6) is -2.03. The van der Waals surface area contributed by atoms with Gasteiger partial charge in [0.15, 0.2) is 29.7 Å². The van der Waals surface area contributed by atoms with Gasteiger partial charge in [0.25, 0.3) is 16.6 Å². The van der Waals surface area contributed by atoms with Gasteiger partial charge in [-0.15, -0.1) is 23.1 Å². The molecule has 5 aromatic carbocycles. The number of β-lactam (4-membered cyclic amide) rings is 1. The second kappa shape index (κ2) is 21.1. The highest BCUT2D eigenvalue weighted by molar-refractivity contribution is 8.00. The summed E-state index contributed by atoms with van der Waals surface area (Å²) < 4.78 is 35.8. The highest BCUT2D eigenvalue weighted by Crippen LogP contribution is 2.43. The van der Waals surface area contributed by atoms with E-state index in [0.717, 1.165) is 49.4 Å². The molecule has 10 rings (SSSR count). The molecule has 2 amide bonds. The third kappa shape index (κ3) is 9.73. The molecule has 11 nitrogen and oxygen atoms in total. The lowest BCUT2D eigenvalue weighted by Crippen LogP contribution is -2.71. The normalized spacial score (nSPS) is 16.0. The van der Waals surface area contributed by atoms with Gasteiger partial charge in [0.05, 0.1) is 5.39 Å². The largest absolute Gasteiger partial charge is 0.448 e. The standard InChI is InChI=1S/C55H42F2N6O5S3/c56-53(57)68-61-44(43-35-71-54(58-43)60-55(40-24-10-3-11-25-40,41-26-12-4-13-27-41)42-28-14-5-15-29-42)48(64)59-45-49(65)63-46(52(66)67-47(36-18-6-1-7-19-36)37-20-8-2-9-21-37)39(34-70-51(45)63)23-17-32-62-31-16-22-38-30-33-69-50(38)62/h1-31,33,35,45,47,51,53H,32,34H2,(H-,58,59,60,64)/p+1/t45-,51-/m1/s1. The fraction of sp³-hybridized carbons (Fsp3) is 0.127. The summed E-state index contributed by atoms with van der Waals surface area (Å²) in [4.78, 5) is 55.0. The molecule has 3 aromatic heterocycles. The van der Waals surface area contributed by atoms with Crippen molar-refractivity contribution >= 4 is 73.3 Å². The summed E-state index contributed by atoms with van der Waals surface area (Å²) in [5, 5.41) is 14.1. The minimum absolute atomic E-state index is 0.0422. The number of hydrogen-bond acceptors (Lipinski definition) is 11. The zero-order valence-corrected chi connectivity index (χ0v) is 40.0. The van der Waals surface area contributed by atoms with Crippen LogP contribution in [0, 0.1) is 0 Å². The first-order valence-electron chi connectivity index (χ1n) is 22.5. The number of halogens is 2. The number of esters is 1. The van der Waals surface area contributed by atoms with E-state index in [2.05, 4.69) is 31.3 Å². The second-order valence-corrected chi connectivity index (χ2v) is 19.3. The van der Waals surface area contributed by atoms with Gasteiger partial charge in [-0.1, -0.05) is 174 Å². The fourth-order valence-corrected chi connectivity index (χ4v) is 11.8. The number of thioether (sulfide) groups is 1. The highest BCUT2D eigenvalue weighted by Gasteiger charge is 2.55. The summed E-state index contributed by atoms with van der Waals surface area (Å²) in [7, 11) is 0. The number of nitrogens with one attached hydrogen (secondary N) is 2. The zero-order chi connectivity index (χ0) is 48.7. The Hall–Kier alpha value is -7.79. The van der Waals surface area contributed by atoms with Gasteiger partial charge < -0.3 is 20.2 Å². The topological polar surface area (TPSA) is 126 Å². The maximum absolute atomic E-state index is 14.7. The molecule has 0 unspecified atom stereocenters. The average molecular weight is 1000 g/mol. The van der Waals surface area contributed by atoms with Crippen LogP contribution in [0.1, 0.15) is 39.6 Å². The Bertz CT molecular complexity index is 3130. The van der Waals surface area contributed by atoms with Crippen molar-refractivity contribution in [3.63, 3.8) is 0 Å². The van der Waals surface area contributed by atoms with E-state index in [1.54, 1.807) is 11.3 Å². The molecule has 0 spiro atoms. The summed E-state index contributed by atoms with van der Waals surface area (Å²) in [6.07, 6.45) is 4.94. The molecule has 0 radical (unpaired) electrons. The van der Waals surface area contributed by atoms with Crippen LogP contribution in [-0.2, 0) is 36.0 Å². The third-order valence-corrected chi connectivity index (χ3v) is 15.1. The first-order valence-corrected chi connectivity index (χ1v) is 25.3. The summed E-state index contributed by atoms with van der Waals surface area (Å²) in [6.45, 7) is -2.87. The number of benzene rings is 5. The highest BCUT2D eigenvalue weighted by atomic mass is 32.2. The predicted octanol–water partition coefficient (Wildman–Crippen LogP) is 10.2. The first kappa shape index (κ1) is 46.9. The van der Waals surface area contributed by atoms with Crippen molar-refractivity contribution in [1.29, 1.82) is 0 Å². The van der Waals surface area contributed by atoms with E-state index in [0.29, 0.717) is 17.2 Å². The Morgan fingerprint density at radius 2 is 1.39 bits per heavy atom. The van der Waals surface area contributed by atoms with Crippen LogP contribution in [0.15, 0.2) is 215 Å². The van der Waals surface area contributed by atoms with Gasteiger partial charge in [0.2, 0.25) is 0 Å². The average Bonchev–Trinajstić information content (AvgIpc) is 4.10. The van der Waals surface area contributed by atoms with Crippen LogP contribution < -0.4 is 15.2 Å². The molecule has 0 aliphatic carbocycles. The van der Waals surface area contributed by atoms with Gasteiger partial charge in [-0.3, -0.25) is 14.5 Å². The number of amides is 2. The van der Waals surface area contributed by atoms with Crippen molar-refractivity contribution in [3.05, 3.63) is 244 Å². The molecule has 1 saturated heterocycles. The number of allylic oxidation sites excluding steroid dienone is 2. The summed E-state index contributed by atoms with van der Waals surface area (Å²) in [6, 6.07) is 52.9. The SMILES string of the molecule is O=C(N[C@@H]1C(=O)N2C(C(=O)OC(c3ccccc3)c3ccccc3)=C(C=CC[n+]3cccc4ccsc43)CS[C@H]12)C(=NOC(F)F)c1csc(NC(c2ccccc2)(c2ccccc2)c2ccccc2)n1. The van der Waals surface area contributed by atoms with Gasteiger partial charge in [0, 0.05) is 17.2 Å².